The van der Waals surface area contributed by atoms with E-state index in [9.17, 15) is 18.8 Å². The molecule has 0 unspecified atom stereocenters. The molecule has 4 rings (SSSR count). The third kappa shape index (κ3) is 6.62. The second-order valence-corrected chi connectivity index (χ2v) is 8.51. The minimum absolute atomic E-state index is 0.149. The summed E-state index contributed by atoms with van der Waals surface area (Å²) in [6, 6.07) is 17.4. The zero-order valence-corrected chi connectivity index (χ0v) is 20.5. The van der Waals surface area contributed by atoms with Crippen LogP contribution in [-0.2, 0) is 11.3 Å². The molecule has 1 aromatic heterocycles. The zero-order valence-electron chi connectivity index (χ0n) is 18.9. The number of amides is 2. The Labute approximate surface area is 210 Å². The van der Waals surface area contributed by atoms with Gasteiger partial charge in [0, 0.05) is 31.2 Å². The molecule has 7 nitrogen and oxygen atoms in total. The number of aromatic nitrogens is 2. The second-order valence-electron chi connectivity index (χ2n) is 7.69. The molecule has 0 saturated carbocycles. The van der Waals surface area contributed by atoms with Gasteiger partial charge in [-0.05, 0) is 72.4 Å². The number of rotatable bonds is 5. The van der Waals surface area contributed by atoms with E-state index in [-0.39, 0.29) is 16.2 Å². The van der Waals surface area contributed by atoms with E-state index >= 15 is 0 Å². The molecule has 3 aromatic carbocycles. The first-order valence-corrected chi connectivity index (χ1v) is 11.2. The van der Waals surface area contributed by atoms with E-state index in [0.717, 1.165) is 12.0 Å². The number of nitrogens with one attached hydrogen (secondary N) is 2. The quantitative estimate of drug-likeness (QED) is 0.305. The Balaban J connectivity index is 0.000000623. The van der Waals surface area contributed by atoms with Gasteiger partial charge >= 0.3 is 0 Å². The smallest absolute Gasteiger partial charge is 0.266 e. The number of aromatic amines is 1. The Morgan fingerprint density at radius 2 is 1.83 bits per heavy atom. The maximum absolute atomic E-state index is 13.2. The fraction of sp³-hybridized carbons (Fsp3) is 0.120. The highest BCUT2D eigenvalue weighted by atomic mass is 35.5. The molecule has 180 valence electrons. The average molecular weight is 513 g/mol. The number of hydrogen-bond acceptors (Lipinski definition) is 4. The Hall–Kier alpha value is -3.82. The molecule has 0 atom stereocenters. The molecule has 0 saturated heterocycles. The van der Waals surface area contributed by atoms with E-state index in [4.69, 9.17) is 23.8 Å². The Kier molecular flexibility index (Phi) is 8.51. The summed E-state index contributed by atoms with van der Waals surface area (Å²) < 4.78 is 14.6. The third-order valence-electron chi connectivity index (χ3n) is 4.80. The van der Waals surface area contributed by atoms with Crippen LogP contribution in [0.15, 0.2) is 71.5 Å². The number of H-pyrrole nitrogens is 1. The van der Waals surface area contributed by atoms with Gasteiger partial charge in [-0.3, -0.25) is 19.0 Å². The summed E-state index contributed by atoms with van der Waals surface area (Å²) in [5.41, 5.74) is 1.80. The van der Waals surface area contributed by atoms with Crippen LogP contribution in [0.3, 0.4) is 0 Å². The van der Waals surface area contributed by atoms with Gasteiger partial charge in [0.1, 0.15) is 5.82 Å². The average Bonchev–Trinajstić information content (AvgIpc) is 2.83. The Morgan fingerprint density at radius 3 is 2.46 bits per heavy atom. The predicted octanol–water partition coefficient (Wildman–Crippen LogP) is 4.48. The van der Waals surface area contributed by atoms with Gasteiger partial charge in [0.2, 0.25) is 6.41 Å². The van der Waals surface area contributed by atoms with Crippen molar-refractivity contribution >= 4 is 47.0 Å². The Morgan fingerprint density at radius 1 is 1.14 bits per heavy atom. The molecule has 10 heteroatoms. The first-order valence-electron chi connectivity index (χ1n) is 10.4. The molecule has 4 aromatic rings. The number of benzene rings is 3. The van der Waals surface area contributed by atoms with Gasteiger partial charge < -0.3 is 15.2 Å². The van der Waals surface area contributed by atoms with E-state index in [2.05, 4.69) is 10.3 Å². The van der Waals surface area contributed by atoms with Crippen molar-refractivity contribution in [2.24, 2.45) is 0 Å². The highest BCUT2D eigenvalue weighted by molar-refractivity contribution is 7.71. The van der Waals surface area contributed by atoms with E-state index in [1.54, 1.807) is 44.4 Å². The van der Waals surface area contributed by atoms with E-state index in [1.807, 2.05) is 12.1 Å². The summed E-state index contributed by atoms with van der Waals surface area (Å²) in [6.07, 6.45) is 0.750. The molecule has 0 aliphatic rings. The van der Waals surface area contributed by atoms with Crippen LogP contribution < -0.4 is 10.9 Å². The number of nitrogens with zero attached hydrogens (tertiary/aromatic N) is 2. The van der Waals surface area contributed by atoms with Crippen LogP contribution in [0.4, 0.5) is 4.39 Å². The number of hydrogen-bond donors (Lipinski definition) is 2. The van der Waals surface area contributed by atoms with Gasteiger partial charge in [0.05, 0.1) is 16.6 Å². The topological polar surface area (TPSA) is 87.2 Å². The van der Waals surface area contributed by atoms with Crippen molar-refractivity contribution in [3.8, 4) is 5.69 Å². The highest BCUT2D eigenvalue weighted by Crippen LogP contribution is 2.15. The molecule has 0 aliphatic carbocycles. The number of carbonyl (C=O) groups excluding carboxylic acids is 2. The van der Waals surface area contributed by atoms with Gasteiger partial charge in [-0.15, -0.1) is 0 Å². The van der Waals surface area contributed by atoms with Crippen LogP contribution in [0.1, 0.15) is 15.9 Å². The Bertz CT molecular complexity index is 1480. The van der Waals surface area contributed by atoms with Crippen molar-refractivity contribution in [1.82, 2.24) is 19.8 Å². The summed E-state index contributed by atoms with van der Waals surface area (Å²) in [4.78, 5) is 39.3. The summed E-state index contributed by atoms with van der Waals surface area (Å²) >= 11 is 11.3. The maximum atomic E-state index is 13.2. The third-order valence-corrected chi connectivity index (χ3v) is 5.32. The molecule has 0 aliphatic heterocycles. The summed E-state index contributed by atoms with van der Waals surface area (Å²) in [6.45, 7) is 0.319. The zero-order chi connectivity index (χ0) is 25.5. The minimum atomic E-state index is -0.407. The van der Waals surface area contributed by atoms with Crippen LogP contribution in [0.2, 0.25) is 5.02 Å². The lowest BCUT2D eigenvalue weighted by Crippen LogP contribution is -2.24. The van der Waals surface area contributed by atoms with Gasteiger partial charge in [0.15, 0.2) is 4.77 Å². The molecule has 0 bridgehead atoms. The van der Waals surface area contributed by atoms with E-state index in [1.165, 1.54) is 33.7 Å². The van der Waals surface area contributed by atoms with E-state index < -0.39 is 5.82 Å². The van der Waals surface area contributed by atoms with Gasteiger partial charge in [0.25, 0.3) is 11.5 Å². The SMILES string of the molecule is CN(C)C=O.O=C(NCc1cccc(Cl)c1)c1ccc2c(=O)n(-c3ccc(F)cc3)c(=S)[nH]c2c1. The van der Waals surface area contributed by atoms with Crippen LogP contribution in [0.5, 0.6) is 0 Å². The second kappa shape index (κ2) is 11.5. The van der Waals surface area contributed by atoms with Crippen molar-refractivity contribution in [2.75, 3.05) is 14.1 Å². The van der Waals surface area contributed by atoms with Crippen LogP contribution >= 0.6 is 23.8 Å². The summed E-state index contributed by atoms with van der Waals surface area (Å²) in [7, 11) is 3.38. The summed E-state index contributed by atoms with van der Waals surface area (Å²) in [5.74, 6) is -0.699. The van der Waals surface area contributed by atoms with Crippen molar-refractivity contribution < 1.29 is 14.0 Å². The van der Waals surface area contributed by atoms with Crippen molar-refractivity contribution in [1.29, 1.82) is 0 Å². The van der Waals surface area contributed by atoms with Crippen LogP contribution in [-0.4, -0.2) is 40.9 Å². The highest BCUT2D eigenvalue weighted by Gasteiger charge is 2.11. The fourth-order valence-electron chi connectivity index (χ4n) is 3.12. The minimum Gasteiger partial charge on any atom is -0.351 e. The van der Waals surface area contributed by atoms with Gasteiger partial charge in [-0.25, -0.2) is 4.39 Å². The lowest BCUT2D eigenvalue weighted by molar-refractivity contribution is -0.115. The van der Waals surface area contributed by atoms with Gasteiger partial charge in [-0.2, -0.15) is 0 Å². The predicted molar refractivity (Wildman–Crippen MR) is 137 cm³/mol. The van der Waals surface area contributed by atoms with Crippen LogP contribution in [0.25, 0.3) is 16.6 Å². The number of fused-ring (bicyclic) bond motifs is 1. The molecule has 2 N–H and O–H groups in total. The fourth-order valence-corrected chi connectivity index (χ4v) is 3.63. The van der Waals surface area contributed by atoms with Crippen molar-refractivity contribution in [3.63, 3.8) is 0 Å². The largest absolute Gasteiger partial charge is 0.351 e. The molecule has 1 heterocycles. The molecule has 2 amide bonds. The number of halogens is 2. The normalized spacial score (nSPS) is 10.3. The van der Waals surface area contributed by atoms with Crippen molar-refractivity contribution in [3.05, 3.63) is 104 Å². The monoisotopic (exact) mass is 512 g/mol. The first kappa shape index (κ1) is 25.8. The molecule has 35 heavy (non-hydrogen) atoms. The molecule has 0 fully saturated rings. The van der Waals surface area contributed by atoms with Crippen LogP contribution in [0, 0.1) is 10.6 Å². The van der Waals surface area contributed by atoms with Crippen molar-refractivity contribution in [2.45, 2.75) is 6.54 Å². The summed E-state index contributed by atoms with van der Waals surface area (Å²) in [5, 5.41) is 3.78. The molecular weight excluding hydrogens is 491 g/mol. The van der Waals surface area contributed by atoms with Gasteiger partial charge in [-0.1, -0.05) is 23.7 Å². The lowest BCUT2D eigenvalue weighted by Gasteiger charge is -2.10. The number of carbonyl (C=O) groups is 2. The molecule has 0 radical (unpaired) electrons. The molecular formula is C25H22ClFN4O3S. The maximum Gasteiger partial charge on any atom is 0.266 e. The van der Waals surface area contributed by atoms with E-state index in [0.29, 0.717) is 33.7 Å². The lowest BCUT2D eigenvalue weighted by atomic mass is 10.1. The molecule has 0 spiro atoms. The standard InChI is InChI=1S/C22H15ClFN3O2S.C3H7NO/c23-15-3-1-2-13(10-15)12-25-20(28)14-4-9-18-19(11-14)26-22(30)27(21(18)29)17-7-5-16(24)6-8-17;1-4(2)3-5/h1-11H,12H2,(H,25,28)(H,26,30);3H,1-2H3. The first-order chi connectivity index (χ1) is 16.7.